The number of hydrogen-bond acceptors (Lipinski definition) is 3. The fourth-order valence-electron chi connectivity index (χ4n) is 2.49. The van der Waals surface area contributed by atoms with Crippen molar-refractivity contribution in [3.63, 3.8) is 0 Å². The first-order valence-corrected chi connectivity index (χ1v) is 8.29. The van der Waals surface area contributed by atoms with Crippen LogP contribution in [0.15, 0.2) is 66.4 Å². The quantitative estimate of drug-likeness (QED) is 0.881. The number of rotatable bonds is 5. The SMILES string of the molecule is O=C(Nc1ccc(C(=O)NCc2ccccc2)cc1)C1=CCCCO1. The number of amides is 2. The van der Waals surface area contributed by atoms with Crippen LogP contribution in [0.4, 0.5) is 5.69 Å². The maximum atomic E-state index is 12.2. The minimum absolute atomic E-state index is 0.153. The Hall–Kier alpha value is -3.08. The average molecular weight is 336 g/mol. The standard InChI is InChI=1S/C20H20N2O3/c23-19(21-14-15-6-2-1-3-7-15)16-9-11-17(12-10-16)22-20(24)18-8-4-5-13-25-18/h1-3,6-12H,4-5,13-14H2,(H,21,23)(H,22,24). The molecule has 2 aromatic carbocycles. The molecule has 5 heteroatoms. The van der Waals surface area contributed by atoms with Gasteiger partial charge in [0.1, 0.15) is 0 Å². The van der Waals surface area contributed by atoms with Crippen LogP contribution in [0, 0.1) is 0 Å². The summed E-state index contributed by atoms with van der Waals surface area (Å²) < 4.78 is 5.33. The van der Waals surface area contributed by atoms with Gasteiger partial charge in [-0.3, -0.25) is 9.59 Å². The Morgan fingerprint density at radius 2 is 1.72 bits per heavy atom. The summed E-state index contributed by atoms with van der Waals surface area (Å²) in [6.45, 7) is 1.05. The molecule has 0 saturated carbocycles. The second kappa shape index (κ2) is 8.15. The zero-order valence-corrected chi connectivity index (χ0v) is 13.8. The molecule has 1 aliphatic heterocycles. The van der Waals surface area contributed by atoms with Crippen molar-refractivity contribution >= 4 is 17.5 Å². The van der Waals surface area contributed by atoms with Crippen LogP contribution in [0.5, 0.6) is 0 Å². The van der Waals surface area contributed by atoms with Crippen molar-refractivity contribution in [1.29, 1.82) is 0 Å². The predicted molar refractivity (Wildman–Crippen MR) is 96.0 cm³/mol. The normalized spacial score (nSPS) is 13.4. The molecule has 0 spiro atoms. The molecule has 0 radical (unpaired) electrons. The average Bonchev–Trinajstić information content (AvgIpc) is 2.68. The summed E-state index contributed by atoms with van der Waals surface area (Å²) >= 11 is 0. The molecule has 25 heavy (non-hydrogen) atoms. The fraction of sp³-hybridized carbons (Fsp3) is 0.200. The summed E-state index contributed by atoms with van der Waals surface area (Å²) in [5, 5.41) is 5.64. The Bertz CT molecular complexity index is 767. The summed E-state index contributed by atoms with van der Waals surface area (Å²) in [7, 11) is 0. The van der Waals surface area contributed by atoms with E-state index in [4.69, 9.17) is 4.74 Å². The molecule has 0 unspecified atom stereocenters. The van der Waals surface area contributed by atoms with Gasteiger partial charge in [0.2, 0.25) is 0 Å². The number of benzene rings is 2. The van der Waals surface area contributed by atoms with Gasteiger partial charge >= 0.3 is 0 Å². The zero-order valence-electron chi connectivity index (χ0n) is 13.8. The van der Waals surface area contributed by atoms with Crippen LogP contribution < -0.4 is 10.6 Å². The number of carbonyl (C=O) groups is 2. The largest absolute Gasteiger partial charge is 0.488 e. The third kappa shape index (κ3) is 4.70. The maximum Gasteiger partial charge on any atom is 0.290 e. The molecule has 3 rings (SSSR count). The van der Waals surface area contributed by atoms with Crippen LogP contribution in [0.25, 0.3) is 0 Å². The second-order valence-electron chi connectivity index (χ2n) is 5.76. The molecule has 1 aliphatic rings. The van der Waals surface area contributed by atoms with Gasteiger partial charge in [-0.2, -0.15) is 0 Å². The highest BCUT2D eigenvalue weighted by Gasteiger charge is 2.14. The summed E-state index contributed by atoms with van der Waals surface area (Å²) in [5.41, 5.74) is 2.21. The number of allylic oxidation sites excluding steroid dienone is 1. The van der Waals surface area contributed by atoms with Crippen molar-refractivity contribution in [1.82, 2.24) is 5.32 Å². The predicted octanol–water partition coefficient (Wildman–Crippen LogP) is 3.25. The summed E-state index contributed by atoms with van der Waals surface area (Å²) in [5.74, 6) is -0.0584. The lowest BCUT2D eigenvalue weighted by Crippen LogP contribution is -2.23. The van der Waals surface area contributed by atoms with Crippen molar-refractivity contribution < 1.29 is 14.3 Å². The smallest absolute Gasteiger partial charge is 0.290 e. The molecule has 2 N–H and O–H groups in total. The Morgan fingerprint density at radius 3 is 2.40 bits per heavy atom. The maximum absolute atomic E-state index is 12.2. The molecule has 5 nitrogen and oxygen atoms in total. The minimum Gasteiger partial charge on any atom is -0.488 e. The third-order valence-corrected chi connectivity index (χ3v) is 3.86. The first kappa shape index (κ1) is 16.8. The van der Waals surface area contributed by atoms with Gasteiger partial charge in [0.15, 0.2) is 5.76 Å². The topological polar surface area (TPSA) is 67.4 Å². The number of ether oxygens (including phenoxy) is 1. The molecule has 0 atom stereocenters. The van der Waals surface area contributed by atoms with Gasteiger partial charge in [0, 0.05) is 17.8 Å². The van der Waals surface area contributed by atoms with E-state index in [1.54, 1.807) is 30.3 Å². The molecular formula is C20H20N2O3. The number of carbonyl (C=O) groups excluding carboxylic acids is 2. The molecule has 0 bridgehead atoms. The molecule has 128 valence electrons. The van der Waals surface area contributed by atoms with E-state index in [1.807, 2.05) is 30.3 Å². The van der Waals surface area contributed by atoms with E-state index in [0.29, 0.717) is 30.2 Å². The minimum atomic E-state index is -0.263. The summed E-state index contributed by atoms with van der Waals surface area (Å²) in [4.78, 5) is 24.2. The van der Waals surface area contributed by atoms with E-state index in [2.05, 4.69) is 10.6 Å². The van der Waals surface area contributed by atoms with E-state index in [0.717, 1.165) is 18.4 Å². The van der Waals surface area contributed by atoms with Gasteiger partial charge in [-0.15, -0.1) is 0 Å². The van der Waals surface area contributed by atoms with Crippen LogP contribution in [-0.2, 0) is 16.1 Å². The highest BCUT2D eigenvalue weighted by Crippen LogP contribution is 2.14. The molecule has 1 heterocycles. The Morgan fingerprint density at radius 1 is 0.960 bits per heavy atom. The molecule has 2 aromatic rings. The van der Waals surface area contributed by atoms with Crippen molar-refractivity contribution in [3.8, 4) is 0 Å². The van der Waals surface area contributed by atoms with Crippen LogP contribution in [-0.4, -0.2) is 18.4 Å². The Balaban J connectivity index is 1.55. The van der Waals surface area contributed by atoms with E-state index < -0.39 is 0 Å². The lowest BCUT2D eigenvalue weighted by Gasteiger charge is -2.14. The lowest BCUT2D eigenvalue weighted by atomic mass is 10.1. The molecule has 0 saturated heterocycles. The van der Waals surface area contributed by atoms with Crippen molar-refractivity contribution in [3.05, 3.63) is 77.6 Å². The van der Waals surface area contributed by atoms with E-state index in [9.17, 15) is 9.59 Å². The van der Waals surface area contributed by atoms with Gasteiger partial charge in [-0.25, -0.2) is 0 Å². The highest BCUT2D eigenvalue weighted by atomic mass is 16.5. The monoisotopic (exact) mass is 336 g/mol. The van der Waals surface area contributed by atoms with E-state index in [1.165, 1.54) is 0 Å². The van der Waals surface area contributed by atoms with Gasteiger partial charge in [0.05, 0.1) is 6.61 Å². The number of nitrogens with one attached hydrogen (secondary N) is 2. The number of anilines is 1. The Labute approximate surface area is 146 Å². The third-order valence-electron chi connectivity index (χ3n) is 3.86. The Kier molecular flexibility index (Phi) is 5.46. The van der Waals surface area contributed by atoms with E-state index in [-0.39, 0.29) is 11.8 Å². The van der Waals surface area contributed by atoms with Gasteiger partial charge < -0.3 is 15.4 Å². The zero-order chi connectivity index (χ0) is 17.5. The van der Waals surface area contributed by atoms with Gasteiger partial charge in [0.25, 0.3) is 11.8 Å². The first-order valence-electron chi connectivity index (χ1n) is 8.29. The van der Waals surface area contributed by atoms with Crippen molar-refractivity contribution in [2.24, 2.45) is 0 Å². The fourth-order valence-corrected chi connectivity index (χ4v) is 2.49. The van der Waals surface area contributed by atoms with Gasteiger partial charge in [-0.05, 0) is 48.7 Å². The summed E-state index contributed by atoms with van der Waals surface area (Å²) in [6.07, 6.45) is 3.58. The number of hydrogen-bond donors (Lipinski definition) is 2. The van der Waals surface area contributed by atoms with Crippen LogP contribution in [0.1, 0.15) is 28.8 Å². The van der Waals surface area contributed by atoms with Crippen molar-refractivity contribution in [2.45, 2.75) is 19.4 Å². The molecule has 0 aromatic heterocycles. The molecule has 2 amide bonds. The molecule has 0 fully saturated rings. The first-order chi connectivity index (χ1) is 12.2. The van der Waals surface area contributed by atoms with Gasteiger partial charge in [-0.1, -0.05) is 30.3 Å². The van der Waals surface area contributed by atoms with E-state index >= 15 is 0 Å². The van der Waals surface area contributed by atoms with Crippen LogP contribution >= 0.6 is 0 Å². The molecular weight excluding hydrogens is 316 g/mol. The highest BCUT2D eigenvalue weighted by molar-refractivity contribution is 6.02. The molecule has 0 aliphatic carbocycles. The second-order valence-corrected chi connectivity index (χ2v) is 5.76. The summed E-state index contributed by atoms with van der Waals surface area (Å²) in [6, 6.07) is 16.5. The van der Waals surface area contributed by atoms with Crippen LogP contribution in [0.3, 0.4) is 0 Å². The van der Waals surface area contributed by atoms with Crippen LogP contribution in [0.2, 0.25) is 0 Å². The lowest BCUT2D eigenvalue weighted by molar-refractivity contribution is -0.116. The van der Waals surface area contributed by atoms with Crippen molar-refractivity contribution in [2.75, 3.05) is 11.9 Å².